The van der Waals surface area contributed by atoms with E-state index in [4.69, 9.17) is 5.11 Å². The van der Waals surface area contributed by atoms with Crippen LogP contribution in [0.25, 0.3) is 0 Å². The van der Waals surface area contributed by atoms with Crippen LogP contribution in [-0.2, 0) is 14.4 Å². The van der Waals surface area contributed by atoms with Gasteiger partial charge in [0.05, 0.1) is 6.42 Å². The molecular weight excluding hydrogens is 186 g/mol. The molecule has 5 nitrogen and oxygen atoms in total. The van der Waals surface area contributed by atoms with Crippen LogP contribution in [0.5, 0.6) is 0 Å². The lowest BCUT2D eigenvalue weighted by Gasteiger charge is -1.80. The van der Waals surface area contributed by atoms with E-state index in [0.29, 0.717) is 5.57 Å². The molecule has 0 atom stereocenters. The van der Waals surface area contributed by atoms with Gasteiger partial charge in [0.15, 0.2) is 0 Å². The van der Waals surface area contributed by atoms with Crippen molar-refractivity contribution >= 4 is 17.8 Å². The molecule has 1 rings (SSSR count). The first-order valence-corrected chi connectivity index (χ1v) is 3.75. The van der Waals surface area contributed by atoms with E-state index in [0.717, 1.165) is 0 Å². The van der Waals surface area contributed by atoms with Crippen LogP contribution in [0, 0.1) is 0 Å². The number of imide groups is 1. The number of carbonyl (C=O) groups is 3. The maximum atomic E-state index is 10.4. The molecule has 5 heteroatoms. The van der Waals surface area contributed by atoms with Crippen molar-refractivity contribution in [3.8, 4) is 0 Å². The average Bonchev–Trinajstić information content (AvgIpc) is 2.30. The second-order valence-corrected chi connectivity index (χ2v) is 2.74. The molecule has 0 saturated carbocycles. The highest BCUT2D eigenvalue weighted by molar-refractivity contribution is 6.12. The van der Waals surface area contributed by atoms with E-state index in [1.807, 2.05) is 0 Å². The zero-order valence-electron chi connectivity index (χ0n) is 7.79. The van der Waals surface area contributed by atoms with Crippen molar-refractivity contribution in [3.05, 3.63) is 24.3 Å². The molecule has 0 aromatic heterocycles. The summed E-state index contributed by atoms with van der Waals surface area (Å²) in [5.41, 5.74) is 0.532. The van der Waals surface area contributed by atoms with Gasteiger partial charge in [-0.05, 0) is 6.92 Å². The number of hydrogen-bond donors (Lipinski definition) is 2. The Morgan fingerprint density at radius 1 is 1.50 bits per heavy atom. The van der Waals surface area contributed by atoms with Crippen molar-refractivity contribution < 1.29 is 19.5 Å². The minimum atomic E-state index is -0.935. The summed E-state index contributed by atoms with van der Waals surface area (Å²) in [6.45, 7) is 7.95. The van der Waals surface area contributed by atoms with Crippen LogP contribution >= 0.6 is 0 Å². The largest absolute Gasteiger partial charge is 0.478 e. The zero-order valence-corrected chi connectivity index (χ0v) is 7.79. The Morgan fingerprint density at radius 3 is 2.00 bits per heavy atom. The van der Waals surface area contributed by atoms with Gasteiger partial charge >= 0.3 is 5.97 Å². The SMILES string of the molecule is C=C(C)C(=O)O.C=C1CC(=O)NC1=O. The third kappa shape index (κ3) is 4.20. The van der Waals surface area contributed by atoms with Crippen molar-refractivity contribution in [2.45, 2.75) is 13.3 Å². The summed E-state index contributed by atoms with van der Waals surface area (Å²) in [6.07, 6.45) is 0.166. The van der Waals surface area contributed by atoms with Gasteiger partial charge in [-0.3, -0.25) is 14.9 Å². The Hall–Kier alpha value is -1.91. The Bertz CT molecular complexity index is 287. The number of nitrogens with one attached hydrogen (secondary N) is 1. The van der Waals surface area contributed by atoms with Crippen LogP contribution in [0.15, 0.2) is 24.3 Å². The predicted octanol–water partition coefficient (Wildman–Crippen LogP) is 0.236. The molecule has 0 radical (unpaired) electrons. The van der Waals surface area contributed by atoms with E-state index in [2.05, 4.69) is 18.5 Å². The van der Waals surface area contributed by atoms with Crippen LogP contribution in [0.4, 0.5) is 0 Å². The smallest absolute Gasteiger partial charge is 0.330 e. The fourth-order valence-electron chi connectivity index (χ4n) is 0.533. The molecule has 2 amide bonds. The molecule has 0 bridgehead atoms. The number of carboxylic acids is 1. The molecule has 14 heavy (non-hydrogen) atoms. The molecule has 0 aromatic rings. The van der Waals surface area contributed by atoms with Gasteiger partial charge in [-0.2, -0.15) is 0 Å². The Labute approximate surface area is 81.1 Å². The molecule has 1 heterocycles. The minimum absolute atomic E-state index is 0.166. The second kappa shape index (κ2) is 4.96. The molecular formula is C9H11NO4. The zero-order chi connectivity index (χ0) is 11.3. The Morgan fingerprint density at radius 2 is 1.93 bits per heavy atom. The first-order valence-electron chi connectivity index (χ1n) is 3.75. The fourth-order valence-corrected chi connectivity index (χ4v) is 0.533. The molecule has 2 N–H and O–H groups in total. The second-order valence-electron chi connectivity index (χ2n) is 2.74. The molecule has 1 aliphatic rings. The van der Waals surface area contributed by atoms with Crippen molar-refractivity contribution in [1.29, 1.82) is 0 Å². The van der Waals surface area contributed by atoms with Crippen molar-refractivity contribution in [2.75, 3.05) is 0 Å². The summed E-state index contributed by atoms with van der Waals surface area (Å²) in [7, 11) is 0. The van der Waals surface area contributed by atoms with Gasteiger partial charge in [0, 0.05) is 11.1 Å². The summed E-state index contributed by atoms with van der Waals surface area (Å²) < 4.78 is 0. The summed E-state index contributed by atoms with van der Waals surface area (Å²) in [5, 5.41) is 9.98. The molecule has 1 aliphatic heterocycles. The van der Waals surface area contributed by atoms with Gasteiger partial charge in [-0.1, -0.05) is 13.2 Å². The van der Waals surface area contributed by atoms with E-state index < -0.39 is 5.97 Å². The highest BCUT2D eigenvalue weighted by Gasteiger charge is 2.20. The highest BCUT2D eigenvalue weighted by atomic mass is 16.4. The van der Waals surface area contributed by atoms with Gasteiger partial charge in [0.25, 0.3) is 5.91 Å². The Balaban J connectivity index is 0.000000255. The van der Waals surface area contributed by atoms with E-state index in [1.165, 1.54) is 6.92 Å². The summed E-state index contributed by atoms with van der Waals surface area (Å²) >= 11 is 0. The molecule has 1 saturated heterocycles. The molecule has 0 aromatic carbocycles. The van der Waals surface area contributed by atoms with E-state index >= 15 is 0 Å². The molecule has 0 spiro atoms. The molecule has 0 unspecified atom stereocenters. The number of hydrogen-bond acceptors (Lipinski definition) is 3. The fraction of sp³-hybridized carbons (Fsp3) is 0.222. The van der Waals surface area contributed by atoms with Crippen molar-refractivity contribution in [2.24, 2.45) is 0 Å². The van der Waals surface area contributed by atoms with E-state index in [-0.39, 0.29) is 23.8 Å². The third-order valence-electron chi connectivity index (χ3n) is 1.31. The van der Waals surface area contributed by atoms with Crippen LogP contribution in [0.1, 0.15) is 13.3 Å². The number of rotatable bonds is 1. The lowest BCUT2D eigenvalue weighted by atomic mass is 10.3. The van der Waals surface area contributed by atoms with E-state index in [1.54, 1.807) is 0 Å². The van der Waals surface area contributed by atoms with Gasteiger partial charge in [0.2, 0.25) is 5.91 Å². The predicted molar refractivity (Wildman–Crippen MR) is 49.4 cm³/mol. The summed E-state index contributed by atoms with van der Waals surface area (Å²) in [5.74, 6) is -1.52. The maximum absolute atomic E-state index is 10.4. The van der Waals surface area contributed by atoms with Crippen LogP contribution in [0.2, 0.25) is 0 Å². The number of aliphatic carboxylic acids is 1. The van der Waals surface area contributed by atoms with Gasteiger partial charge in [0.1, 0.15) is 0 Å². The summed E-state index contributed by atoms with van der Waals surface area (Å²) in [4.78, 5) is 30.2. The number of carboxylic acid groups (broad SMARTS) is 1. The van der Waals surface area contributed by atoms with Crippen molar-refractivity contribution in [1.82, 2.24) is 5.32 Å². The lowest BCUT2D eigenvalue weighted by Crippen LogP contribution is -2.19. The standard InChI is InChI=1S/C5H5NO2.C4H6O2/c1-3-2-4(7)6-5(3)8;1-3(2)4(5)6/h1-2H2,(H,6,7,8);1H2,2H3,(H,5,6). The van der Waals surface area contributed by atoms with Gasteiger partial charge < -0.3 is 5.11 Å². The van der Waals surface area contributed by atoms with Crippen LogP contribution in [-0.4, -0.2) is 22.9 Å². The number of carbonyl (C=O) groups excluding carboxylic acids is 2. The quantitative estimate of drug-likeness (QED) is 0.465. The topological polar surface area (TPSA) is 83.5 Å². The maximum Gasteiger partial charge on any atom is 0.330 e. The van der Waals surface area contributed by atoms with Crippen molar-refractivity contribution in [3.63, 3.8) is 0 Å². The molecule has 0 aliphatic carbocycles. The van der Waals surface area contributed by atoms with Gasteiger partial charge in [-0.25, -0.2) is 4.79 Å². The monoisotopic (exact) mass is 197 g/mol. The molecule has 76 valence electrons. The lowest BCUT2D eigenvalue weighted by molar-refractivity contribution is -0.132. The number of amides is 2. The first-order chi connectivity index (χ1) is 6.34. The highest BCUT2D eigenvalue weighted by Crippen LogP contribution is 2.03. The van der Waals surface area contributed by atoms with Gasteiger partial charge in [-0.15, -0.1) is 0 Å². The Kier molecular flexibility index (Phi) is 4.28. The normalized spacial score (nSPS) is 14.2. The minimum Gasteiger partial charge on any atom is -0.478 e. The van der Waals surface area contributed by atoms with E-state index in [9.17, 15) is 14.4 Å². The summed E-state index contributed by atoms with van der Waals surface area (Å²) in [6, 6.07) is 0. The molecule has 1 fully saturated rings. The van der Waals surface area contributed by atoms with Crippen LogP contribution in [0.3, 0.4) is 0 Å². The van der Waals surface area contributed by atoms with Crippen LogP contribution < -0.4 is 5.32 Å². The first kappa shape index (κ1) is 12.1. The average molecular weight is 197 g/mol. The third-order valence-corrected chi connectivity index (χ3v) is 1.31.